The van der Waals surface area contributed by atoms with E-state index in [0.717, 1.165) is 0 Å². The third kappa shape index (κ3) is 4.57. The smallest absolute Gasteiger partial charge is 0.329 e. The van der Waals surface area contributed by atoms with Gasteiger partial charge in [-0.25, -0.2) is 9.18 Å². The summed E-state index contributed by atoms with van der Waals surface area (Å²) in [5.41, 5.74) is 1.88. The number of hydrogen-bond donors (Lipinski definition) is 4. The summed E-state index contributed by atoms with van der Waals surface area (Å²) in [5.74, 6) is -3.60. The van der Waals surface area contributed by atoms with E-state index in [1.165, 1.54) is 42.5 Å². The third-order valence-corrected chi connectivity index (χ3v) is 4.90. The number of nitrogens with zero attached hydrogens (tertiary/aromatic N) is 1. The number of hydrogen-bond acceptors (Lipinski definition) is 7. The highest BCUT2D eigenvalue weighted by Crippen LogP contribution is 2.42. The number of non-ortho nitro benzene ring substituents is 1. The second-order valence-corrected chi connectivity index (χ2v) is 7.14. The number of nitro groups is 1. The molecule has 0 saturated carbocycles. The van der Waals surface area contributed by atoms with Gasteiger partial charge in [-0.1, -0.05) is 12.1 Å². The van der Waals surface area contributed by atoms with Crippen LogP contribution in [-0.2, 0) is 15.4 Å². The second kappa shape index (κ2) is 8.55. The SMILES string of the molecule is O=C(O)COC1(c2ccc(NC(=O)c3ccc(F)cc3)cc2)Nc2ccc([N+](=O)[O-])cc2N1. The Morgan fingerprint density at radius 3 is 2.33 bits per heavy atom. The van der Waals surface area contributed by atoms with Gasteiger partial charge in [0.05, 0.1) is 16.3 Å². The van der Waals surface area contributed by atoms with E-state index < -0.39 is 35.1 Å². The highest BCUT2D eigenvalue weighted by Gasteiger charge is 2.40. The number of anilines is 3. The highest BCUT2D eigenvalue weighted by molar-refractivity contribution is 6.04. The second-order valence-electron chi connectivity index (χ2n) is 7.14. The molecule has 4 rings (SSSR count). The van der Waals surface area contributed by atoms with Crippen LogP contribution in [0.5, 0.6) is 0 Å². The average molecular weight is 452 g/mol. The van der Waals surface area contributed by atoms with Crippen LogP contribution in [0.3, 0.4) is 0 Å². The van der Waals surface area contributed by atoms with Gasteiger partial charge in [-0.2, -0.15) is 0 Å². The lowest BCUT2D eigenvalue weighted by molar-refractivity contribution is -0.384. The van der Waals surface area contributed by atoms with E-state index >= 15 is 0 Å². The molecule has 168 valence electrons. The van der Waals surface area contributed by atoms with Gasteiger partial charge in [0.2, 0.25) is 5.85 Å². The van der Waals surface area contributed by atoms with Crippen LogP contribution in [0.4, 0.5) is 27.1 Å². The summed E-state index contributed by atoms with van der Waals surface area (Å²) in [4.78, 5) is 34.0. The van der Waals surface area contributed by atoms with Gasteiger partial charge in [0.1, 0.15) is 12.4 Å². The van der Waals surface area contributed by atoms with Gasteiger partial charge >= 0.3 is 5.97 Å². The molecular formula is C22H17FN4O6. The quantitative estimate of drug-likeness (QED) is 0.314. The molecule has 1 heterocycles. The van der Waals surface area contributed by atoms with Gasteiger partial charge in [0, 0.05) is 28.9 Å². The zero-order chi connectivity index (χ0) is 23.6. The number of nitrogens with one attached hydrogen (secondary N) is 3. The number of carbonyl (C=O) groups excluding carboxylic acids is 1. The van der Waals surface area contributed by atoms with Crippen LogP contribution in [-0.4, -0.2) is 28.5 Å². The minimum absolute atomic E-state index is 0.143. The van der Waals surface area contributed by atoms with E-state index in [2.05, 4.69) is 16.0 Å². The van der Waals surface area contributed by atoms with E-state index in [1.807, 2.05) is 0 Å². The molecule has 0 saturated heterocycles. The van der Waals surface area contributed by atoms with Gasteiger partial charge in [-0.3, -0.25) is 14.9 Å². The van der Waals surface area contributed by atoms with Crippen molar-refractivity contribution < 1.29 is 28.7 Å². The molecule has 1 unspecified atom stereocenters. The van der Waals surface area contributed by atoms with Crippen LogP contribution in [0.15, 0.2) is 66.7 Å². The van der Waals surface area contributed by atoms with Crippen molar-refractivity contribution in [3.8, 4) is 0 Å². The molecule has 33 heavy (non-hydrogen) atoms. The summed E-state index contributed by atoms with van der Waals surface area (Å²) >= 11 is 0. The molecule has 0 aromatic heterocycles. The van der Waals surface area contributed by atoms with Crippen LogP contribution in [0.2, 0.25) is 0 Å². The molecule has 4 N–H and O–H groups in total. The number of halogens is 1. The topological polar surface area (TPSA) is 143 Å². The number of fused-ring (bicyclic) bond motifs is 1. The summed E-state index contributed by atoms with van der Waals surface area (Å²) in [6.07, 6.45) is 0. The van der Waals surface area contributed by atoms with Gasteiger partial charge in [-0.15, -0.1) is 0 Å². The minimum atomic E-state index is -1.50. The summed E-state index contributed by atoms with van der Waals surface area (Å²) in [7, 11) is 0. The molecule has 0 radical (unpaired) electrons. The number of carbonyl (C=O) groups is 2. The van der Waals surface area contributed by atoms with Crippen LogP contribution in [0, 0.1) is 15.9 Å². The zero-order valence-electron chi connectivity index (χ0n) is 16.9. The van der Waals surface area contributed by atoms with Crippen LogP contribution in [0.25, 0.3) is 0 Å². The Hall–Kier alpha value is -4.51. The lowest BCUT2D eigenvalue weighted by Gasteiger charge is -2.30. The van der Waals surface area contributed by atoms with Gasteiger partial charge < -0.3 is 25.8 Å². The molecule has 1 aliphatic heterocycles. The number of aliphatic carboxylic acids is 1. The fourth-order valence-corrected chi connectivity index (χ4v) is 3.33. The first-order valence-electron chi connectivity index (χ1n) is 9.64. The Kier molecular flexibility index (Phi) is 5.63. The van der Waals surface area contributed by atoms with Crippen LogP contribution >= 0.6 is 0 Å². The maximum Gasteiger partial charge on any atom is 0.329 e. The van der Waals surface area contributed by atoms with Crippen molar-refractivity contribution in [1.29, 1.82) is 0 Å². The van der Waals surface area contributed by atoms with Crippen molar-refractivity contribution >= 4 is 34.6 Å². The molecule has 0 aliphatic carbocycles. The number of rotatable bonds is 7. The largest absolute Gasteiger partial charge is 0.480 e. The number of benzene rings is 3. The molecule has 1 aliphatic rings. The Morgan fingerprint density at radius 2 is 1.70 bits per heavy atom. The molecular weight excluding hydrogens is 435 g/mol. The summed E-state index contributed by atoms with van der Waals surface area (Å²) in [5, 5.41) is 28.9. The highest BCUT2D eigenvalue weighted by atomic mass is 19.1. The first-order chi connectivity index (χ1) is 15.8. The molecule has 0 fully saturated rings. The maximum absolute atomic E-state index is 13.1. The Morgan fingerprint density at radius 1 is 1.03 bits per heavy atom. The fourth-order valence-electron chi connectivity index (χ4n) is 3.33. The predicted molar refractivity (Wildman–Crippen MR) is 116 cm³/mol. The number of ether oxygens (including phenoxy) is 1. The summed E-state index contributed by atoms with van der Waals surface area (Å²) in [6.45, 7) is -0.654. The Balaban J connectivity index is 1.58. The fraction of sp³-hybridized carbons (Fsp3) is 0.0909. The van der Waals surface area contributed by atoms with E-state index in [4.69, 9.17) is 9.84 Å². The van der Waals surface area contributed by atoms with E-state index in [0.29, 0.717) is 22.6 Å². The maximum atomic E-state index is 13.1. The summed E-state index contributed by atoms with van der Waals surface area (Å²) < 4.78 is 18.7. The van der Waals surface area contributed by atoms with Crippen molar-refractivity contribution in [3.63, 3.8) is 0 Å². The van der Waals surface area contributed by atoms with Gasteiger partial charge in [0.15, 0.2) is 0 Å². The first kappa shape index (κ1) is 21.7. The zero-order valence-corrected chi connectivity index (χ0v) is 16.9. The predicted octanol–water partition coefficient (Wildman–Crippen LogP) is 3.74. The molecule has 1 amide bonds. The number of carboxylic acid groups (broad SMARTS) is 1. The molecule has 10 nitrogen and oxygen atoms in total. The van der Waals surface area contributed by atoms with Crippen LogP contribution in [0.1, 0.15) is 15.9 Å². The lowest BCUT2D eigenvalue weighted by Crippen LogP contribution is -2.43. The standard InChI is InChI=1S/C22H17FN4O6/c23-15-5-1-13(2-6-15)21(30)24-16-7-3-14(4-8-16)22(33-12-20(28)29)25-18-10-9-17(27(31)32)11-19(18)26-22/h1-11,25-26H,12H2,(H,24,30)(H,28,29). The third-order valence-electron chi connectivity index (χ3n) is 4.90. The first-order valence-corrected chi connectivity index (χ1v) is 9.64. The Bertz CT molecular complexity index is 1230. The van der Waals surface area contributed by atoms with E-state index in [9.17, 15) is 24.1 Å². The van der Waals surface area contributed by atoms with E-state index in [1.54, 1.807) is 24.3 Å². The lowest BCUT2D eigenvalue weighted by atomic mass is 10.1. The average Bonchev–Trinajstić information content (AvgIpc) is 3.17. The molecule has 3 aromatic carbocycles. The monoisotopic (exact) mass is 452 g/mol. The Labute approximate surface area is 186 Å². The summed E-state index contributed by atoms with van der Waals surface area (Å²) in [6, 6.07) is 15.6. The molecule has 11 heteroatoms. The van der Waals surface area contributed by atoms with Crippen molar-refractivity contribution in [1.82, 2.24) is 0 Å². The van der Waals surface area contributed by atoms with Crippen molar-refractivity contribution in [2.45, 2.75) is 5.85 Å². The molecule has 1 atom stereocenters. The molecule has 0 bridgehead atoms. The molecule has 3 aromatic rings. The molecule has 0 spiro atoms. The number of carboxylic acids is 1. The van der Waals surface area contributed by atoms with Crippen molar-refractivity contribution in [2.24, 2.45) is 0 Å². The minimum Gasteiger partial charge on any atom is -0.480 e. The van der Waals surface area contributed by atoms with E-state index in [-0.39, 0.29) is 11.3 Å². The number of nitro benzene ring substituents is 1. The van der Waals surface area contributed by atoms with Crippen molar-refractivity contribution in [2.75, 3.05) is 22.6 Å². The number of amides is 1. The van der Waals surface area contributed by atoms with Crippen molar-refractivity contribution in [3.05, 3.63) is 93.8 Å². The normalized spacial score (nSPS) is 16.3. The van der Waals surface area contributed by atoms with Crippen LogP contribution < -0.4 is 16.0 Å². The van der Waals surface area contributed by atoms with Gasteiger partial charge in [0.25, 0.3) is 11.6 Å². The van der Waals surface area contributed by atoms with Gasteiger partial charge in [-0.05, 0) is 42.5 Å².